The molecule has 0 spiro atoms. The Morgan fingerprint density at radius 2 is 2.07 bits per heavy atom. The molecule has 2 aromatic rings. The lowest BCUT2D eigenvalue weighted by Crippen LogP contribution is -2.19. The van der Waals surface area contributed by atoms with Gasteiger partial charge in [0.05, 0.1) is 35.8 Å². The molecule has 0 aliphatic heterocycles. The summed E-state index contributed by atoms with van der Waals surface area (Å²) in [6, 6.07) is 0. The summed E-state index contributed by atoms with van der Waals surface area (Å²) in [7, 11) is 1.92. The molecule has 0 amide bonds. The van der Waals surface area contributed by atoms with Crippen molar-refractivity contribution in [2.45, 2.75) is 6.54 Å². The first-order chi connectivity index (χ1) is 7.25. The maximum absolute atomic E-state index is 5.51. The van der Waals surface area contributed by atoms with Gasteiger partial charge in [-0.05, 0) is 0 Å². The van der Waals surface area contributed by atoms with E-state index in [2.05, 4.69) is 15.0 Å². The molecule has 0 fully saturated rings. The van der Waals surface area contributed by atoms with Gasteiger partial charge < -0.3 is 10.6 Å². The maximum Gasteiger partial charge on any atom is 0.225 e. The van der Waals surface area contributed by atoms with E-state index >= 15 is 0 Å². The first-order valence-corrected chi connectivity index (χ1v) is 5.35. The lowest BCUT2D eigenvalue weighted by molar-refractivity contribution is 0.848. The number of nitrogens with two attached hydrogens (primary N) is 1. The van der Waals surface area contributed by atoms with Crippen LogP contribution in [0, 0.1) is 0 Å². The third-order valence-electron chi connectivity index (χ3n) is 1.88. The van der Waals surface area contributed by atoms with Crippen molar-refractivity contribution >= 4 is 23.0 Å². The normalized spacial score (nSPS) is 10.2. The number of hydrogen-bond donors (Lipinski definition) is 1. The highest BCUT2D eigenvalue weighted by atomic mass is 32.1. The predicted octanol–water partition coefficient (Wildman–Crippen LogP) is 1.15. The molecule has 5 nitrogen and oxygen atoms in total. The van der Waals surface area contributed by atoms with Crippen molar-refractivity contribution in [1.29, 1.82) is 0 Å². The zero-order chi connectivity index (χ0) is 10.7. The van der Waals surface area contributed by atoms with Crippen LogP contribution in [0.3, 0.4) is 0 Å². The lowest BCUT2D eigenvalue weighted by atomic mass is 10.4. The van der Waals surface area contributed by atoms with Gasteiger partial charge in [0, 0.05) is 12.4 Å². The van der Waals surface area contributed by atoms with Crippen molar-refractivity contribution in [1.82, 2.24) is 15.0 Å². The molecular formula is C9H11N5S. The van der Waals surface area contributed by atoms with Crippen molar-refractivity contribution in [3.63, 3.8) is 0 Å². The molecule has 0 aliphatic carbocycles. The fourth-order valence-corrected chi connectivity index (χ4v) is 1.71. The molecule has 0 radical (unpaired) electrons. The number of rotatable bonds is 3. The van der Waals surface area contributed by atoms with Gasteiger partial charge >= 0.3 is 0 Å². The van der Waals surface area contributed by atoms with Gasteiger partial charge in [0.2, 0.25) is 5.95 Å². The second-order valence-corrected chi connectivity index (χ2v) is 3.87. The molecule has 0 saturated heterocycles. The zero-order valence-corrected chi connectivity index (χ0v) is 9.11. The molecule has 2 N–H and O–H groups in total. The first-order valence-electron chi connectivity index (χ1n) is 4.41. The minimum Gasteiger partial charge on any atom is -0.396 e. The number of thiazole rings is 1. The quantitative estimate of drug-likeness (QED) is 0.842. The van der Waals surface area contributed by atoms with Gasteiger partial charge in [-0.3, -0.25) is 0 Å². The van der Waals surface area contributed by atoms with Crippen LogP contribution in [-0.4, -0.2) is 22.0 Å². The largest absolute Gasteiger partial charge is 0.396 e. The van der Waals surface area contributed by atoms with E-state index in [9.17, 15) is 0 Å². The number of nitrogens with zero attached hydrogens (tertiary/aromatic N) is 4. The smallest absolute Gasteiger partial charge is 0.225 e. The summed E-state index contributed by atoms with van der Waals surface area (Å²) >= 11 is 1.58. The van der Waals surface area contributed by atoms with Crippen LogP contribution in [0.2, 0.25) is 0 Å². The molecule has 0 aliphatic rings. The summed E-state index contributed by atoms with van der Waals surface area (Å²) in [5.41, 5.74) is 8.91. The Balaban J connectivity index is 2.08. The van der Waals surface area contributed by atoms with Crippen molar-refractivity contribution in [2.24, 2.45) is 0 Å². The predicted molar refractivity (Wildman–Crippen MR) is 60.7 cm³/mol. The standard InChI is InChI=1S/C9H11N5S/c1-14(4-8-5-15-6-13-8)9-11-2-7(10)3-12-9/h2-3,5-6H,4,10H2,1H3. The molecular weight excluding hydrogens is 210 g/mol. The maximum atomic E-state index is 5.51. The minimum absolute atomic E-state index is 0.570. The minimum atomic E-state index is 0.570. The van der Waals surface area contributed by atoms with Crippen LogP contribution in [0.5, 0.6) is 0 Å². The van der Waals surface area contributed by atoms with Crippen LogP contribution in [0.25, 0.3) is 0 Å². The summed E-state index contributed by atoms with van der Waals surface area (Å²) in [6.45, 7) is 0.702. The van der Waals surface area contributed by atoms with Crippen LogP contribution in [0.1, 0.15) is 5.69 Å². The summed E-state index contributed by atoms with van der Waals surface area (Å²) in [6.07, 6.45) is 3.19. The monoisotopic (exact) mass is 221 g/mol. The van der Waals surface area contributed by atoms with Crippen molar-refractivity contribution < 1.29 is 0 Å². The van der Waals surface area contributed by atoms with E-state index in [1.165, 1.54) is 0 Å². The highest BCUT2D eigenvalue weighted by Gasteiger charge is 2.05. The van der Waals surface area contributed by atoms with E-state index < -0.39 is 0 Å². The van der Waals surface area contributed by atoms with Crippen LogP contribution in [-0.2, 0) is 6.54 Å². The molecule has 6 heteroatoms. The lowest BCUT2D eigenvalue weighted by Gasteiger charge is -2.14. The third-order valence-corrected chi connectivity index (χ3v) is 2.52. The van der Waals surface area contributed by atoms with Crippen LogP contribution >= 0.6 is 11.3 Å². The van der Waals surface area contributed by atoms with Crippen molar-refractivity contribution in [2.75, 3.05) is 17.7 Å². The number of nitrogen functional groups attached to an aromatic ring is 1. The van der Waals surface area contributed by atoms with Gasteiger partial charge in [-0.15, -0.1) is 11.3 Å². The topological polar surface area (TPSA) is 67.9 Å². The molecule has 2 rings (SSSR count). The summed E-state index contributed by atoms with van der Waals surface area (Å²) in [4.78, 5) is 14.4. The Morgan fingerprint density at radius 1 is 1.33 bits per heavy atom. The molecule has 0 unspecified atom stereocenters. The van der Waals surface area contributed by atoms with E-state index in [0.717, 1.165) is 5.69 Å². The second-order valence-electron chi connectivity index (χ2n) is 3.15. The SMILES string of the molecule is CN(Cc1cscn1)c1ncc(N)cn1. The first kappa shape index (κ1) is 9.85. The zero-order valence-electron chi connectivity index (χ0n) is 8.29. The average Bonchev–Trinajstić information content (AvgIpc) is 2.71. The van der Waals surface area contributed by atoms with E-state index in [1.807, 2.05) is 22.8 Å². The van der Waals surface area contributed by atoms with Gasteiger partial charge in [0.15, 0.2) is 0 Å². The van der Waals surface area contributed by atoms with Gasteiger partial charge in [-0.2, -0.15) is 0 Å². The third kappa shape index (κ3) is 2.41. The molecule has 0 saturated carbocycles. The fourth-order valence-electron chi connectivity index (χ4n) is 1.16. The highest BCUT2D eigenvalue weighted by molar-refractivity contribution is 7.07. The molecule has 0 bridgehead atoms. The van der Waals surface area contributed by atoms with E-state index in [0.29, 0.717) is 18.2 Å². The molecule has 0 atom stereocenters. The average molecular weight is 221 g/mol. The Morgan fingerprint density at radius 3 is 2.67 bits per heavy atom. The molecule has 2 heterocycles. The number of aromatic nitrogens is 3. The summed E-state index contributed by atoms with van der Waals surface area (Å²) < 4.78 is 0. The van der Waals surface area contributed by atoms with Gasteiger partial charge in [0.1, 0.15) is 0 Å². The fraction of sp³-hybridized carbons (Fsp3) is 0.222. The van der Waals surface area contributed by atoms with Gasteiger partial charge in [-0.1, -0.05) is 0 Å². The summed E-state index contributed by atoms with van der Waals surface area (Å²) in [5, 5.41) is 2.01. The van der Waals surface area contributed by atoms with Crippen molar-refractivity contribution in [3.05, 3.63) is 29.0 Å². The van der Waals surface area contributed by atoms with Crippen LogP contribution in [0.15, 0.2) is 23.3 Å². The van der Waals surface area contributed by atoms with Gasteiger partial charge in [0.25, 0.3) is 0 Å². The van der Waals surface area contributed by atoms with Gasteiger partial charge in [-0.25, -0.2) is 15.0 Å². The Bertz CT molecular complexity index is 411. The van der Waals surface area contributed by atoms with E-state index in [1.54, 1.807) is 23.7 Å². The Hall–Kier alpha value is -1.69. The molecule has 2 aromatic heterocycles. The van der Waals surface area contributed by atoms with Crippen LogP contribution < -0.4 is 10.6 Å². The molecule has 0 aromatic carbocycles. The molecule has 15 heavy (non-hydrogen) atoms. The Kier molecular flexibility index (Phi) is 2.77. The highest BCUT2D eigenvalue weighted by Crippen LogP contribution is 2.10. The van der Waals surface area contributed by atoms with Crippen molar-refractivity contribution in [3.8, 4) is 0 Å². The van der Waals surface area contributed by atoms with E-state index in [4.69, 9.17) is 5.73 Å². The molecule has 78 valence electrons. The Labute approximate surface area is 91.6 Å². The van der Waals surface area contributed by atoms with E-state index in [-0.39, 0.29) is 0 Å². The number of anilines is 2. The number of hydrogen-bond acceptors (Lipinski definition) is 6. The van der Waals surface area contributed by atoms with Crippen LogP contribution in [0.4, 0.5) is 11.6 Å². The summed E-state index contributed by atoms with van der Waals surface area (Å²) in [5.74, 6) is 0.650. The second kappa shape index (κ2) is 4.22.